The van der Waals surface area contributed by atoms with Gasteiger partial charge < -0.3 is 9.64 Å². The highest BCUT2D eigenvalue weighted by Gasteiger charge is 2.31. The van der Waals surface area contributed by atoms with Crippen LogP contribution in [-0.2, 0) is 4.74 Å². The second kappa shape index (κ2) is 7.97. The number of methoxy groups -OCH3 is 1. The van der Waals surface area contributed by atoms with Gasteiger partial charge in [-0.05, 0) is 59.4 Å². The summed E-state index contributed by atoms with van der Waals surface area (Å²) >= 11 is 0. The van der Waals surface area contributed by atoms with E-state index in [1.165, 1.54) is 12.8 Å². The Balaban J connectivity index is 2.56. The number of hydrogen-bond acceptors (Lipinski definition) is 4. The molecule has 1 N–H and O–H groups in total. The number of nitrogens with one attached hydrogen (secondary N) is 1. The molecule has 3 unspecified atom stereocenters. The fraction of sp³-hybridized carbons (Fsp3) is 0.938. The quantitative estimate of drug-likeness (QED) is 0.778. The van der Waals surface area contributed by atoms with Crippen LogP contribution in [0.3, 0.4) is 0 Å². The van der Waals surface area contributed by atoms with E-state index in [9.17, 15) is 5.26 Å². The van der Waals surface area contributed by atoms with Crippen LogP contribution in [0, 0.1) is 17.2 Å². The maximum atomic E-state index is 9.47. The Morgan fingerprint density at radius 3 is 2.70 bits per heavy atom. The number of nitrogens with zero attached hydrogens (tertiary/aromatic N) is 2. The third-order valence-corrected chi connectivity index (χ3v) is 4.13. The molecule has 1 aliphatic heterocycles. The highest BCUT2D eigenvalue weighted by atomic mass is 16.5. The van der Waals surface area contributed by atoms with Gasteiger partial charge in [-0.25, -0.2) is 0 Å². The van der Waals surface area contributed by atoms with Gasteiger partial charge in [0.15, 0.2) is 0 Å². The van der Waals surface area contributed by atoms with Gasteiger partial charge in [-0.2, -0.15) is 5.26 Å². The lowest BCUT2D eigenvalue weighted by Crippen LogP contribution is -2.51. The number of hydrogen-bond donors (Lipinski definition) is 1. The van der Waals surface area contributed by atoms with Crippen LogP contribution < -0.4 is 5.32 Å². The minimum atomic E-state index is -0.443. The average molecular weight is 281 g/mol. The van der Waals surface area contributed by atoms with Crippen molar-refractivity contribution >= 4 is 0 Å². The van der Waals surface area contributed by atoms with E-state index in [4.69, 9.17) is 4.74 Å². The Hall–Kier alpha value is -0.630. The van der Waals surface area contributed by atoms with E-state index in [2.05, 4.69) is 37.1 Å². The first-order valence-corrected chi connectivity index (χ1v) is 7.82. The van der Waals surface area contributed by atoms with Crippen molar-refractivity contribution < 1.29 is 4.74 Å². The van der Waals surface area contributed by atoms with Crippen molar-refractivity contribution in [1.82, 2.24) is 10.2 Å². The van der Waals surface area contributed by atoms with Gasteiger partial charge in [0.2, 0.25) is 0 Å². The fourth-order valence-corrected chi connectivity index (χ4v) is 3.36. The molecule has 1 rings (SSSR count). The summed E-state index contributed by atoms with van der Waals surface area (Å²) in [4.78, 5) is 2.52. The van der Waals surface area contributed by atoms with E-state index in [-0.39, 0.29) is 0 Å². The first kappa shape index (κ1) is 17.4. The summed E-state index contributed by atoms with van der Waals surface area (Å²) in [5.74, 6) is 0.641. The number of likely N-dealkylation sites (tertiary alicyclic amines) is 1. The molecule has 0 aromatic heterocycles. The van der Waals surface area contributed by atoms with E-state index in [0.717, 1.165) is 26.1 Å². The van der Waals surface area contributed by atoms with Crippen molar-refractivity contribution in [2.24, 2.45) is 5.92 Å². The topological polar surface area (TPSA) is 48.3 Å². The van der Waals surface area contributed by atoms with Crippen LogP contribution in [0.25, 0.3) is 0 Å². The van der Waals surface area contributed by atoms with Gasteiger partial charge in [0.25, 0.3) is 0 Å². The van der Waals surface area contributed by atoms with Gasteiger partial charge in [0.05, 0.1) is 12.7 Å². The second-order valence-electron chi connectivity index (χ2n) is 6.75. The zero-order chi connectivity index (χ0) is 15.2. The van der Waals surface area contributed by atoms with Crippen LogP contribution in [-0.4, -0.2) is 49.3 Å². The molecule has 0 spiro atoms. The number of ether oxygens (including phenoxy) is 1. The van der Waals surface area contributed by atoms with Crippen LogP contribution in [0.15, 0.2) is 0 Å². The molecule has 0 aromatic rings. The van der Waals surface area contributed by atoms with Crippen molar-refractivity contribution in [3.05, 3.63) is 0 Å². The molecule has 116 valence electrons. The summed E-state index contributed by atoms with van der Waals surface area (Å²) in [6.07, 6.45) is 3.36. The van der Waals surface area contributed by atoms with Crippen LogP contribution in [0.2, 0.25) is 0 Å². The SMILES string of the molecule is COCC1CCCN(C(C)CC(C)(C#N)NC(C)C)C1. The maximum Gasteiger partial charge on any atom is 0.105 e. The molecule has 4 nitrogen and oxygen atoms in total. The molecule has 0 saturated carbocycles. The van der Waals surface area contributed by atoms with E-state index in [1.54, 1.807) is 7.11 Å². The Bertz CT molecular complexity index is 324. The zero-order valence-electron chi connectivity index (χ0n) is 13.8. The summed E-state index contributed by atoms with van der Waals surface area (Å²) in [6, 6.07) is 3.20. The van der Waals surface area contributed by atoms with E-state index < -0.39 is 5.54 Å². The molecule has 0 bridgehead atoms. The third-order valence-electron chi connectivity index (χ3n) is 4.13. The smallest absolute Gasteiger partial charge is 0.105 e. The van der Waals surface area contributed by atoms with Crippen molar-refractivity contribution in [2.75, 3.05) is 26.8 Å². The third kappa shape index (κ3) is 5.40. The summed E-state index contributed by atoms with van der Waals surface area (Å²) < 4.78 is 5.29. The minimum Gasteiger partial charge on any atom is -0.384 e. The Morgan fingerprint density at radius 1 is 1.45 bits per heavy atom. The highest BCUT2D eigenvalue weighted by Crippen LogP contribution is 2.23. The molecule has 1 fully saturated rings. The molecule has 1 saturated heterocycles. The van der Waals surface area contributed by atoms with E-state index in [0.29, 0.717) is 18.0 Å². The van der Waals surface area contributed by atoms with Crippen molar-refractivity contribution in [3.63, 3.8) is 0 Å². The molecular weight excluding hydrogens is 250 g/mol. The maximum absolute atomic E-state index is 9.47. The van der Waals surface area contributed by atoms with Gasteiger partial charge in [0, 0.05) is 25.7 Å². The first-order chi connectivity index (χ1) is 9.40. The first-order valence-electron chi connectivity index (χ1n) is 7.82. The summed E-state index contributed by atoms with van der Waals surface area (Å²) in [6.45, 7) is 11.5. The Morgan fingerprint density at radius 2 is 2.15 bits per heavy atom. The van der Waals surface area contributed by atoms with Crippen molar-refractivity contribution in [3.8, 4) is 6.07 Å². The Labute approximate surface area is 124 Å². The van der Waals surface area contributed by atoms with Crippen LogP contribution in [0.1, 0.15) is 47.0 Å². The summed E-state index contributed by atoms with van der Waals surface area (Å²) in [7, 11) is 1.78. The number of nitriles is 1. The van der Waals surface area contributed by atoms with Crippen molar-refractivity contribution in [2.45, 2.75) is 64.6 Å². The molecule has 20 heavy (non-hydrogen) atoms. The van der Waals surface area contributed by atoms with Gasteiger partial charge in [-0.1, -0.05) is 0 Å². The highest BCUT2D eigenvalue weighted by molar-refractivity contribution is 5.06. The predicted molar refractivity (Wildman–Crippen MR) is 82.5 cm³/mol. The normalized spacial score (nSPS) is 25.1. The molecule has 0 aromatic carbocycles. The molecular formula is C16H31N3O. The molecule has 0 radical (unpaired) electrons. The summed E-state index contributed by atoms with van der Waals surface area (Å²) in [5.41, 5.74) is -0.443. The van der Waals surface area contributed by atoms with Crippen LogP contribution >= 0.6 is 0 Å². The molecule has 1 heterocycles. The standard InChI is InChI=1S/C16H31N3O/c1-13(2)18-16(4,12-17)9-14(3)19-8-6-7-15(10-19)11-20-5/h13-15,18H,6-11H2,1-5H3. The lowest BCUT2D eigenvalue weighted by molar-refractivity contribution is 0.0647. The Kier molecular flexibility index (Phi) is 6.94. The average Bonchev–Trinajstić information content (AvgIpc) is 2.38. The molecule has 0 amide bonds. The summed E-state index contributed by atoms with van der Waals surface area (Å²) in [5, 5.41) is 12.9. The van der Waals surface area contributed by atoms with Gasteiger partial charge in [-0.3, -0.25) is 5.32 Å². The number of piperidine rings is 1. The van der Waals surface area contributed by atoms with Crippen LogP contribution in [0.5, 0.6) is 0 Å². The largest absolute Gasteiger partial charge is 0.384 e. The van der Waals surface area contributed by atoms with Gasteiger partial charge >= 0.3 is 0 Å². The van der Waals surface area contributed by atoms with E-state index in [1.807, 2.05) is 6.92 Å². The molecule has 1 aliphatic rings. The van der Waals surface area contributed by atoms with Gasteiger partial charge in [-0.15, -0.1) is 0 Å². The lowest BCUT2D eigenvalue weighted by atomic mass is 9.91. The predicted octanol–water partition coefficient (Wildman–Crippen LogP) is 2.40. The lowest BCUT2D eigenvalue weighted by Gasteiger charge is -2.39. The zero-order valence-corrected chi connectivity index (χ0v) is 13.8. The molecule has 0 aliphatic carbocycles. The van der Waals surface area contributed by atoms with Crippen LogP contribution in [0.4, 0.5) is 0 Å². The monoisotopic (exact) mass is 281 g/mol. The second-order valence-corrected chi connectivity index (χ2v) is 6.75. The van der Waals surface area contributed by atoms with Crippen molar-refractivity contribution in [1.29, 1.82) is 5.26 Å². The number of rotatable bonds is 7. The van der Waals surface area contributed by atoms with Gasteiger partial charge in [0.1, 0.15) is 5.54 Å². The van der Waals surface area contributed by atoms with E-state index >= 15 is 0 Å². The fourth-order valence-electron chi connectivity index (χ4n) is 3.36. The minimum absolute atomic E-state index is 0.328. The molecule has 4 heteroatoms. The molecule has 3 atom stereocenters.